The Morgan fingerprint density at radius 1 is 1.32 bits per heavy atom. The van der Waals surface area contributed by atoms with Crippen molar-refractivity contribution >= 4 is 35.0 Å². The van der Waals surface area contributed by atoms with Gasteiger partial charge < -0.3 is 9.80 Å². The molecule has 0 aliphatic carbocycles. The van der Waals surface area contributed by atoms with Crippen molar-refractivity contribution < 1.29 is 9.59 Å². The standard InChI is InChI=1S/C12H15Cl2N3O2/c1-4-17(7-11(18)16(2)3)12(19)8-5-10(14)15-6-9(8)13/h5-6H,4,7H2,1-3H3. The molecule has 1 heterocycles. The van der Waals surface area contributed by atoms with Gasteiger partial charge in [-0.2, -0.15) is 0 Å². The first-order valence-electron chi connectivity index (χ1n) is 5.67. The number of hydrogen-bond donors (Lipinski definition) is 0. The molecule has 1 rings (SSSR count). The highest BCUT2D eigenvalue weighted by Gasteiger charge is 2.20. The van der Waals surface area contributed by atoms with Crippen molar-refractivity contribution in [2.24, 2.45) is 0 Å². The Kier molecular flexibility index (Phi) is 5.57. The van der Waals surface area contributed by atoms with Crippen LogP contribution in [0.5, 0.6) is 0 Å². The Bertz CT molecular complexity index is 492. The topological polar surface area (TPSA) is 53.5 Å². The summed E-state index contributed by atoms with van der Waals surface area (Å²) in [5.41, 5.74) is 0.245. The minimum Gasteiger partial charge on any atom is -0.347 e. The quantitative estimate of drug-likeness (QED) is 0.799. The first-order valence-corrected chi connectivity index (χ1v) is 6.42. The van der Waals surface area contributed by atoms with E-state index in [0.717, 1.165) is 0 Å². The van der Waals surface area contributed by atoms with Crippen molar-refractivity contribution in [3.63, 3.8) is 0 Å². The summed E-state index contributed by atoms with van der Waals surface area (Å²) in [4.78, 5) is 30.6. The Hall–Kier alpha value is -1.33. The van der Waals surface area contributed by atoms with Crippen molar-refractivity contribution in [3.05, 3.63) is 28.0 Å². The fourth-order valence-corrected chi connectivity index (χ4v) is 1.72. The van der Waals surface area contributed by atoms with Crippen LogP contribution in [0.4, 0.5) is 0 Å². The number of nitrogens with zero attached hydrogens (tertiary/aromatic N) is 3. The Morgan fingerprint density at radius 3 is 2.47 bits per heavy atom. The lowest BCUT2D eigenvalue weighted by Crippen LogP contribution is -2.40. The van der Waals surface area contributed by atoms with Gasteiger partial charge in [0.25, 0.3) is 5.91 Å². The van der Waals surface area contributed by atoms with Gasteiger partial charge in [0.05, 0.1) is 17.1 Å². The van der Waals surface area contributed by atoms with Gasteiger partial charge in [0, 0.05) is 26.8 Å². The summed E-state index contributed by atoms with van der Waals surface area (Å²) in [6, 6.07) is 1.40. The van der Waals surface area contributed by atoms with Gasteiger partial charge in [0.2, 0.25) is 5.91 Å². The molecule has 0 aliphatic rings. The second-order valence-corrected chi connectivity index (χ2v) is 4.89. The van der Waals surface area contributed by atoms with Crippen LogP contribution in [-0.4, -0.2) is 53.8 Å². The SMILES string of the molecule is CCN(CC(=O)N(C)C)C(=O)c1cc(Cl)ncc1Cl. The molecule has 0 saturated carbocycles. The molecule has 19 heavy (non-hydrogen) atoms. The smallest absolute Gasteiger partial charge is 0.255 e. The molecule has 0 radical (unpaired) electrons. The number of carbonyl (C=O) groups is 2. The van der Waals surface area contributed by atoms with Crippen molar-refractivity contribution in [3.8, 4) is 0 Å². The summed E-state index contributed by atoms with van der Waals surface area (Å²) in [7, 11) is 3.27. The van der Waals surface area contributed by atoms with Gasteiger partial charge in [-0.25, -0.2) is 4.98 Å². The first kappa shape index (κ1) is 15.7. The molecule has 0 aromatic carbocycles. The highest BCUT2D eigenvalue weighted by atomic mass is 35.5. The van der Waals surface area contributed by atoms with Crippen molar-refractivity contribution in [1.82, 2.24) is 14.8 Å². The highest BCUT2D eigenvalue weighted by Crippen LogP contribution is 2.19. The van der Waals surface area contributed by atoms with Crippen LogP contribution in [-0.2, 0) is 4.79 Å². The van der Waals surface area contributed by atoms with E-state index in [1.807, 2.05) is 0 Å². The van der Waals surface area contributed by atoms with Gasteiger partial charge in [-0.15, -0.1) is 0 Å². The number of halogens is 2. The Balaban J connectivity index is 2.95. The molecule has 0 aliphatic heterocycles. The average Bonchev–Trinajstić information content (AvgIpc) is 2.37. The molecule has 7 heteroatoms. The van der Waals surface area contributed by atoms with Crippen LogP contribution in [0, 0.1) is 0 Å². The van der Waals surface area contributed by atoms with Crippen molar-refractivity contribution in [1.29, 1.82) is 0 Å². The lowest BCUT2D eigenvalue weighted by Gasteiger charge is -2.22. The molecule has 1 aromatic heterocycles. The molecule has 5 nitrogen and oxygen atoms in total. The molecule has 104 valence electrons. The van der Waals surface area contributed by atoms with Crippen LogP contribution in [0.15, 0.2) is 12.3 Å². The minimum absolute atomic E-state index is 0.00138. The predicted molar refractivity (Wildman–Crippen MR) is 74.5 cm³/mol. The van der Waals surface area contributed by atoms with Gasteiger partial charge in [-0.05, 0) is 13.0 Å². The molecule has 0 spiro atoms. The van der Waals surface area contributed by atoms with Crippen molar-refractivity contribution in [2.75, 3.05) is 27.2 Å². The number of hydrogen-bond acceptors (Lipinski definition) is 3. The molecule has 0 saturated heterocycles. The lowest BCUT2D eigenvalue weighted by atomic mass is 10.2. The Labute approximate surface area is 122 Å². The summed E-state index contributed by atoms with van der Waals surface area (Å²) in [6.07, 6.45) is 1.32. The van der Waals surface area contributed by atoms with E-state index >= 15 is 0 Å². The maximum atomic E-state index is 12.3. The Morgan fingerprint density at radius 2 is 1.95 bits per heavy atom. The lowest BCUT2D eigenvalue weighted by molar-refractivity contribution is -0.129. The average molecular weight is 304 g/mol. The van der Waals surface area contributed by atoms with Gasteiger partial charge in [0.15, 0.2) is 0 Å². The van der Waals surface area contributed by atoms with E-state index in [4.69, 9.17) is 23.2 Å². The summed E-state index contributed by atoms with van der Waals surface area (Å²) >= 11 is 11.7. The highest BCUT2D eigenvalue weighted by molar-refractivity contribution is 6.35. The zero-order chi connectivity index (χ0) is 14.6. The predicted octanol–water partition coefficient (Wildman–Crippen LogP) is 1.94. The maximum Gasteiger partial charge on any atom is 0.255 e. The summed E-state index contributed by atoms with van der Waals surface area (Å²) in [5, 5.41) is 0.396. The molecule has 0 bridgehead atoms. The van der Waals surface area contributed by atoms with Crippen molar-refractivity contribution in [2.45, 2.75) is 6.92 Å². The van der Waals surface area contributed by atoms with E-state index in [1.54, 1.807) is 21.0 Å². The molecular formula is C12H15Cl2N3O2. The van der Waals surface area contributed by atoms with Gasteiger partial charge in [-0.3, -0.25) is 9.59 Å². The molecule has 0 unspecified atom stereocenters. The molecular weight excluding hydrogens is 289 g/mol. The summed E-state index contributed by atoms with van der Waals surface area (Å²) < 4.78 is 0. The summed E-state index contributed by atoms with van der Waals surface area (Å²) in [5.74, 6) is -0.501. The zero-order valence-electron chi connectivity index (χ0n) is 11.0. The molecule has 0 fully saturated rings. The molecule has 0 atom stereocenters. The van der Waals surface area contributed by atoms with E-state index in [2.05, 4.69) is 4.98 Å². The monoisotopic (exact) mass is 303 g/mol. The fraction of sp³-hybridized carbons (Fsp3) is 0.417. The number of pyridine rings is 1. The number of amides is 2. The zero-order valence-corrected chi connectivity index (χ0v) is 12.5. The van der Waals surface area contributed by atoms with E-state index < -0.39 is 0 Å². The maximum absolute atomic E-state index is 12.3. The van der Waals surface area contributed by atoms with Crippen LogP contribution in [0.3, 0.4) is 0 Å². The third-order valence-corrected chi connectivity index (χ3v) is 3.05. The largest absolute Gasteiger partial charge is 0.347 e. The third-order valence-electron chi connectivity index (χ3n) is 2.55. The molecule has 2 amide bonds. The van der Waals surface area contributed by atoms with E-state index in [1.165, 1.54) is 22.1 Å². The van der Waals surface area contributed by atoms with E-state index in [-0.39, 0.29) is 34.1 Å². The van der Waals surface area contributed by atoms with Crippen LogP contribution >= 0.6 is 23.2 Å². The van der Waals surface area contributed by atoms with Gasteiger partial charge in [-0.1, -0.05) is 23.2 Å². The second kappa shape index (κ2) is 6.73. The summed E-state index contributed by atoms with van der Waals surface area (Å²) in [6.45, 7) is 2.19. The van der Waals surface area contributed by atoms with E-state index in [9.17, 15) is 9.59 Å². The molecule has 1 aromatic rings. The third kappa shape index (κ3) is 4.08. The van der Waals surface area contributed by atoms with Gasteiger partial charge >= 0.3 is 0 Å². The fourth-order valence-electron chi connectivity index (χ4n) is 1.38. The van der Waals surface area contributed by atoms with Crippen LogP contribution in [0.1, 0.15) is 17.3 Å². The first-order chi connectivity index (χ1) is 8.86. The van der Waals surface area contributed by atoms with Gasteiger partial charge in [0.1, 0.15) is 5.15 Å². The van der Waals surface area contributed by atoms with E-state index in [0.29, 0.717) is 6.54 Å². The minimum atomic E-state index is -0.341. The molecule has 0 N–H and O–H groups in total. The number of carbonyl (C=O) groups excluding carboxylic acids is 2. The number of aromatic nitrogens is 1. The number of rotatable bonds is 4. The van der Waals surface area contributed by atoms with Crippen LogP contribution < -0.4 is 0 Å². The number of likely N-dealkylation sites (N-methyl/N-ethyl adjacent to an activating group) is 2. The second-order valence-electron chi connectivity index (χ2n) is 4.09. The van der Waals surface area contributed by atoms with Crippen LogP contribution in [0.25, 0.3) is 0 Å². The van der Waals surface area contributed by atoms with Crippen LogP contribution in [0.2, 0.25) is 10.2 Å². The normalized spacial score (nSPS) is 10.2.